The smallest absolute Gasteiger partial charge is 0.319 e. The second-order valence-electron chi connectivity index (χ2n) is 3.75. The number of esters is 1. The number of carbonyl (C=O) groups is 1. The van der Waals surface area contributed by atoms with Crippen LogP contribution in [-0.2, 0) is 9.53 Å². The predicted octanol–water partition coefficient (Wildman–Crippen LogP) is 0.747. The number of hydrogen-bond donors (Lipinski definition) is 0. The van der Waals surface area contributed by atoms with Gasteiger partial charge in [0.25, 0.3) is 0 Å². The van der Waals surface area contributed by atoms with Gasteiger partial charge in [0, 0.05) is 6.54 Å². The summed E-state index contributed by atoms with van der Waals surface area (Å²) in [5.41, 5.74) is 0. The van der Waals surface area contributed by atoms with Crippen LogP contribution in [0.25, 0.3) is 0 Å². The van der Waals surface area contributed by atoms with Crippen LogP contribution >= 0.6 is 0 Å². The normalized spacial score (nSPS) is 27.3. The van der Waals surface area contributed by atoms with Crippen molar-refractivity contribution in [2.75, 3.05) is 27.2 Å². The maximum Gasteiger partial charge on any atom is 0.319 e. The van der Waals surface area contributed by atoms with Crippen molar-refractivity contribution in [3.05, 3.63) is 0 Å². The van der Waals surface area contributed by atoms with Crippen LogP contribution in [0.15, 0.2) is 0 Å². The summed E-state index contributed by atoms with van der Waals surface area (Å²) in [6.07, 6.45) is 1.31. The van der Waals surface area contributed by atoms with Crippen LogP contribution < -0.4 is 0 Å². The zero-order chi connectivity index (χ0) is 9.14. The van der Waals surface area contributed by atoms with Gasteiger partial charge in [0.15, 0.2) is 0 Å². The average molecular weight is 171 g/mol. The number of ether oxygens (including phenoxy) is 1. The highest BCUT2D eigenvalue weighted by Gasteiger charge is 2.33. The molecule has 0 aromatic rings. The number of nitrogens with zero attached hydrogens (tertiary/aromatic N) is 1. The molecule has 0 aromatic carbocycles. The van der Waals surface area contributed by atoms with Crippen molar-refractivity contribution in [3.8, 4) is 0 Å². The van der Waals surface area contributed by atoms with E-state index in [0.717, 1.165) is 18.4 Å². The minimum Gasteiger partial charge on any atom is -0.468 e. The fourth-order valence-corrected chi connectivity index (χ4v) is 1.40. The summed E-state index contributed by atoms with van der Waals surface area (Å²) in [6, 6.07) is 0. The second kappa shape index (κ2) is 3.90. The molecule has 0 aromatic heterocycles. The highest BCUT2D eigenvalue weighted by atomic mass is 16.5. The average Bonchev–Trinajstić information content (AvgIpc) is 2.66. The molecule has 0 bridgehead atoms. The number of carbonyl (C=O) groups excluding carboxylic acids is 1. The van der Waals surface area contributed by atoms with Gasteiger partial charge in [-0.1, -0.05) is 6.92 Å². The van der Waals surface area contributed by atoms with Crippen molar-refractivity contribution in [2.45, 2.75) is 13.3 Å². The molecule has 0 spiro atoms. The molecule has 1 fully saturated rings. The molecule has 70 valence electrons. The summed E-state index contributed by atoms with van der Waals surface area (Å²) in [7, 11) is 3.39. The number of rotatable bonds is 4. The van der Waals surface area contributed by atoms with Gasteiger partial charge in [0.05, 0.1) is 13.7 Å². The van der Waals surface area contributed by atoms with Crippen LogP contribution in [0.4, 0.5) is 0 Å². The van der Waals surface area contributed by atoms with E-state index in [-0.39, 0.29) is 5.97 Å². The van der Waals surface area contributed by atoms with Crippen molar-refractivity contribution in [3.63, 3.8) is 0 Å². The van der Waals surface area contributed by atoms with Crippen molar-refractivity contribution in [1.29, 1.82) is 0 Å². The van der Waals surface area contributed by atoms with Gasteiger partial charge in [-0.05, 0) is 25.3 Å². The third-order valence-corrected chi connectivity index (χ3v) is 2.45. The Hall–Kier alpha value is -0.570. The first-order valence-corrected chi connectivity index (χ1v) is 4.39. The third-order valence-electron chi connectivity index (χ3n) is 2.45. The number of hydrogen-bond acceptors (Lipinski definition) is 3. The predicted molar refractivity (Wildman–Crippen MR) is 46.8 cm³/mol. The lowest BCUT2D eigenvalue weighted by Crippen LogP contribution is -2.28. The van der Waals surface area contributed by atoms with Gasteiger partial charge in [-0.3, -0.25) is 9.69 Å². The van der Waals surface area contributed by atoms with E-state index in [4.69, 9.17) is 0 Å². The first-order valence-electron chi connectivity index (χ1n) is 4.39. The molecule has 3 heteroatoms. The molecular formula is C9H17NO2. The lowest BCUT2D eigenvalue weighted by atomic mass is 10.3. The molecule has 2 atom stereocenters. The first kappa shape index (κ1) is 9.52. The summed E-state index contributed by atoms with van der Waals surface area (Å²) in [5, 5.41) is 0. The summed E-state index contributed by atoms with van der Waals surface area (Å²) >= 11 is 0. The summed E-state index contributed by atoms with van der Waals surface area (Å²) < 4.78 is 4.57. The van der Waals surface area contributed by atoms with E-state index >= 15 is 0 Å². The highest BCUT2D eigenvalue weighted by Crippen LogP contribution is 2.37. The van der Waals surface area contributed by atoms with Crippen LogP contribution in [0.5, 0.6) is 0 Å². The Kier molecular flexibility index (Phi) is 3.09. The molecule has 0 N–H and O–H groups in total. The van der Waals surface area contributed by atoms with Gasteiger partial charge < -0.3 is 4.74 Å². The third kappa shape index (κ3) is 2.81. The maximum absolute atomic E-state index is 10.8. The Morgan fingerprint density at radius 2 is 2.25 bits per heavy atom. The highest BCUT2D eigenvalue weighted by molar-refractivity contribution is 5.71. The quantitative estimate of drug-likeness (QED) is 0.584. The van der Waals surface area contributed by atoms with E-state index in [9.17, 15) is 4.79 Å². The van der Waals surface area contributed by atoms with Crippen LogP contribution in [0, 0.1) is 11.8 Å². The molecule has 1 saturated carbocycles. The van der Waals surface area contributed by atoms with Gasteiger partial charge in [0.1, 0.15) is 0 Å². The lowest BCUT2D eigenvalue weighted by Gasteiger charge is -2.14. The van der Waals surface area contributed by atoms with Crippen LogP contribution in [0.1, 0.15) is 13.3 Å². The maximum atomic E-state index is 10.8. The fourth-order valence-electron chi connectivity index (χ4n) is 1.40. The molecule has 3 nitrogen and oxygen atoms in total. The molecule has 12 heavy (non-hydrogen) atoms. The van der Waals surface area contributed by atoms with E-state index in [1.165, 1.54) is 13.5 Å². The molecule has 0 radical (unpaired) electrons. The standard InChI is InChI=1S/C9H17NO2/c1-7-4-8(7)5-10(2)6-9(11)12-3/h7-8H,4-6H2,1-3H3. The van der Waals surface area contributed by atoms with Gasteiger partial charge in [0.2, 0.25) is 0 Å². The molecular weight excluding hydrogens is 154 g/mol. The summed E-state index contributed by atoms with van der Waals surface area (Å²) in [4.78, 5) is 12.9. The van der Waals surface area contributed by atoms with Crippen molar-refractivity contribution < 1.29 is 9.53 Å². The number of methoxy groups -OCH3 is 1. The molecule has 0 heterocycles. The van der Waals surface area contributed by atoms with Crippen LogP contribution in [0.2, 0.25) is 0 Å². The first-order chi connectivity index (χ1) is 5.63. The van der Waals surface area contributed by atoms with E-state index in [2.05, 4.69) is 11.7 Å². The Balaban J connectivity index is 2.11. The molecule has 0 aliphatic heterocycles. The zero-order valence-electron chi connectivity index (χ0n) is 8.04. The van der Waals surface area contributed by atoms with Gasteiger partial charge in [-0.25, -0.2) is 0 Å². The molecule has 2 unspecified atom stereocenters. The monoisotopic (exact) mass is 171 g/mol. The minimum absolute atomic E-state index is 0.147. The van der Waals surface area contributed by atoms with Crippen molar-refractivity contribution >= 4 is 5.97 Å². The van der Waals surface area contributed by atoms with Crippen LogP contribution in [-0.4, -0.2) is 38.1 Å². The lowest BCUT2D eigenvalue weighted by molar-refractivity contribution is -0.141. The van der Waals surface area contributed by atoms with Gasteiger partial charge in [-0.15, -0.1) is 0 Å². The molecule has 0 amide bonds. The Morgan fingerprint density at radius 3 is 2.67 bits per heavy atom. The Morgan fingerprint density at radius 1 is 1.67 bits per heavy atom. The van der Waals surface area contributed by atoms with E-state index in [1.807, 2.05) is 11.9 Å². The number of likely N-dealkylation sites (N-methyl/N-ethyl adjacent to an activating group) is 1. The largest absolute Gasteiger partial charge is 0.468 e. The second-order valence-corrected chi connectivity index (χ2v) is 3.75. The Labute approximate surface area is 73.7 Å². The summed E-state index contributed by atoms with van der Waals surface area (Å²) in [5.74, 6) is 1.51. The zero-order valence-corrected chi connectivity index (χ0v) is 8.04. The van der Waals surface area contributed by atoms with Gasteiger partial charge in [-0.2, -0.15) is 0 Å². The van der Waals surface area contributed by atoms with E-state index in [1.54, 1.807) is 0 Å². The topological polar surface area (TPSA) is 29.5 Å². The molecule has 1 aliphatic rings. The molecule has 1 rings (SSSR count). The van der Waals surface area contributed by atoms with Crippen molar-refractivity contribution in [2.24, 2.45) is 11.8 Å². The van der Waals surface area contributed by atoms with E-state index in [0.29, 0.717) is 6.54 Å². The van der Waals surface area contributed by atoms with Crippen LogP contribution in [0.3, 0.4) is 0 Å². The SMILES string of the molecule is COC(=O)CN(C)CC1CC1C. The Bertz CT molecular complexity index is 170. The minimum atomic E-state index is -0.147. The fraction of sp³-hybridized carbons (Fsp3) is 0.889. The molecule has 1 aliphatic carbocycles. The summed E-state index contributed by atoms with van der Waals surface area (Å²) in [6.45, 7) is 3.69. The molecule has 0 saturated heterocycles. The van der Waals surface area contributed by atoms with Crippen molar-refractivity contribution in [1.82, 2.24) is 4.90 Å². The van der Waals surface area contributed by atoms with Gasteiger partial charge >= 0.3 is 5.97 Å². The van der Waals surface area contributed by atoms with E-state index < -0.39 is 0 Å².